The molecular weight excluding hydrogens is 296 g/mol. The minimum absolute atomic E-state index is 0.0320. The van der Waals surface area contributed by atoms with Crippen LogP contribution in [0.4, 0.5) is 0 Å². The SMILES string of the molecule is CC12CC3CC(C)(C1)CC(C(=O)NC1CCN4CCCC4C1)(C3)C2. The first-order valence-electron chi connectivity index (χ1n) is 10.4. The van der Waals surface area contributed by atoms with Crippen LogP contribution in [0.25, 0.3) is 0 Å². The third-order valence-electron chi connectivity index (χ3n) is 8.26. The highest BCUT2D eigenvalue weighted by molar-refractivity contribution is 5.83. The molecule has 4 aliphatic carbocycles. The minimum atomic E-state index is -0.0320. The lowest BCUT2D eigenvalue weighted by molar-refractivity contribution is -0.171. The van der Waals surface area contributed by atoms with E-state index >= 15 is 0 Å². The van der Waals surface area contributed by atoms with Gasteiger partial charge in [0.05, 0.1) is 5.41 Å². The molecule has 1 N–H and O–H groups in total. The van der Waals surface area contributed by atoms with Crippen LogP contribution in [-0.2, 0) is 4.79 Å². The van der Waals surface area contributed by atoms with Gasteiger partial charge in [-0.05, 0) is 87.5 Å². The van der Waals surface area contributed by atoms with Crippen LogP contribution in [0.1, 0.15) is 78.1 Å². The largest absolute Gasteiger partial charge is 0.353 e. The van der Waals surface area contributed by atoms with Gasteiger partial charge in [0.15, 0.2) is 0 Å². The fourth-order valence-corrected chi connectivity index (χ4v) is 8.39. The molecule has 0 spiro atoms. The Balaban J connectivity index is 1.32. The molecule has 24 heavy (non-hydrogen) atoms. The van der Waals surface area contributed by atoms with Crippen LogP contribution in [0.5, 0.6) is 0 Å². The molecule has 6 fully saturated rings. The number of carbonyl (C=O) groups is 1. The second-order valence-electron chi connectivity index (χ2n) is 10.9. The summed E-state index contributed by atoms with van der Waals surface area (Å²) in [6, 6.07) is 1.18. The smallest absolute Gasteiger partial charge is 0.226 e. The summed E-state index contributed by atoms with van der Waals surface area (Å²) in [6.45, 7) is 7.41. The van der Waals surface area contributed by atoms with Gasteiger partial charge in [0.25, 0.3) is 0 Å². The molecule has 3 heteroatoms. The van der Waals surface area contributed by atoms with E-state index in [4.69, 9.17) is 0 Å². The van der Waals surface area contributed by atoms with Crippen molar-refractivity contribution in [3.8, 4) is 0 Å². The number of fused-ring (bicyclic) bond motifs is 1. The average molecular weight is 331 g/mol. The van der Waals surface area contributed by atoms with Gasteiger partial charge in [-0.15, -0.1) is 0 Å². The van der Waals surface area contributed by atoms with E-state index in [1.165, 1.54) is 58.0 Å². The molecule has 2 saturated heterocycles. The summed E-state index contributed by atoms with van der Waals surface area (Å²) in [5.41, 5.74) is 0.830. The monoisotopic (exact) mass is 330 g/mol. The highest BCUT2D eigenvalue weighted by atomic mass is 16.2. The Labute approximate surface area is 146 Å². The zero-order valence-corrected chi connectivity index (χ0v) is 15.6. The van der Waals surface area contributed by atoms with Gasteiger partial charge in [-0.25, -0.2) is 0 Å². The van der Waals surface area contributed by atoms with Gasteiger partial charge in [-0.1, -0.05) is 13.8 Å². The molecule has 134 valence electrons. The molecule has 0 aromatic rings. The predicted octanol–water partition coefficient (Wildman–Crippen LogP) is 3.73. The summed E-state index contributed by atoms with van der Waals surface area (Å²) in [7, 11) is 0. The van der Waals surface area contributed by atoms with Crippen molar-refractivity contribution in [3.05, 3.63) is 0 Å². The van der Waals surface area contributed by atoms with Gasteiger partial charge in [0.1, 0.15) is 0 Å². The molecule has 1 amide bonds. The lowest BCUT2D eigenvalue weighted by Crippen LogP contribution is -2.61. The number of amides is 1. The minimum Gasteiger partial charge on any atom is -0.353 e. The van der Waals surface area contributed by atoms with E-state index in [9.17, 15) is 4.79 Å². The maximum atomic E-state index is 13.4. The first-order valence-corrected chi connectivity index (χ1v) is 10.4. The lowest BCUT2D eigenvalue weighted by Gasteiger charge is -2.64. The maximum Gasteiger partial charge on any atom is 0.226 e. The zero-order valence-electron chi connectivity index (χ0n) is 15.6. The molecule has 2 aliphatic heterocycles. The van der Waals surface area contributed by atoms with Crippen molar-refractivity contribution in [3.63, 3.8) is 0 Å². The van der Waals surface area contributed by atoms with Crippen molar-refractivity contribution in [1.82, 2.24) is 10.2 Å². The Morgan fingerprint density at radius 1 is 1.00 bits per heavy atom. The van der Waals surface area contributed by atoms with Gasteiger partial charge in [0.2, 0.25) is 5.91 Å². The highest BCUT2D eigenvalue weighted by Gasteiger charge is 2.62. The molecule has 4 bridgehead atoms. The van der Waals surface area contributed by atoms with Gasteiger partial charge in [0, 0.05) is 18.6 Å². The van der Waals surface area contributed by atoms with Gasteiger partial charge >= 0.3 is 0 Å². The van der Waals surface area contributed by atoms with E-state index in [0.29, 0.717) is 22.8 Å². The van der Waals surface area contributed by atoms with Crippen LogP contribution in [-0.4, -0.2) is 36.0 Å². The Hall–Kier alpha value is -0.570. The molecule has 6 aliphatic rings. The number of hydrogen-bond acceptors (Lipinski definition) is 2. The highest BCUT2D eigenvalue weighted by Crippen LogP contribution is 2.69. The van der Waals surface area contributed by atoms with Crippen molar-refractivity contribution in [2.24, 2.45) is 22.2 Å². The molecule has 0 aromatic heterocycles. The Morgan fingerprint density at radius 2 is 1.75 bits per heavy atom. The summed E-state index contributed by atoms with van der Waals surface area (Å²) in [6.07, 6.45) is 12.6. The molecule has 3 nitrogen and oxygen atoms in total. The quantitative estimate of drug-likeness (QED) is 0.837. The standard InChI is InChI=1S/C21H34N2O/c1-19-9-15-10-20(2,12-19)14-21(11-15,13-19)18(24)22-16-5-7-23-6-3-4-17(23)8-16/h15-17H,3-14H2,1-2H3,(H,22,24). The Bertz CT molecular complexity index is 540. The summed E-state index contributed by atoms with van der Waals surface area (Å²) < 4.78 is 0. The fraction of sp³-hybridized carbons (Fsp3) is 0.952. The lowest BCUT2D eigenvalue weighted by atomic mass is 9.40. The number of rotatable bonds is 2. The number of nitrogens with one attached hydrogen (secondary N) is 1. The van der Waals surface area contributed by atoms with Crippen molar-refractivity contribution >= 4 is 5.91 Å². The normalized spacial score (nSPS) is 53.2. The summed E-state index contributed by atoms with van der Waals surface area (Å²) >= 11 is 0. The van der Waals surface area contributed by atoms with Crippen molar-refractivity contribution in [2.45, 2.75) is 90.1 Å². The predicted molar refractivity (Wildman–Crippen MR) is 95.6 cm³/mol. The zero-order chi connectivity index (χ0) is 16.6. The van der Waals surface area contributed by atoms with Crippen LogP contribution in [0.3, 0.4) is 0 Å². The molecule has 0 aromatic carbocycles. The van der Waals surface area contributed by atoms with Crippen molar-refractivity contribution in [1.29, 1.82) is 0 Å². The third kappa shape index (κ3) is 2.37. The van der Waals surface area contributed by atoms with Crippen LogP contribution < -0.4 is 5.32 Å². The second kappa shape index (κ2) is 4.99. The molecule has 2 heterocycles. The third-order valence-corrected chi connectivity index (χ3v) is 8.26. The van der Waals surface area contributed by atoms with E-state index < -0.39 is 0 Å². The van der Waals surface area contributed by atoms with Crippen LogP contribution >= 0.6 is 0 Å². The summed E-state index contributed by atoms with van der Waals surface area (Å²) in [5, 5.41) is 3.56. The first-order chi connectivity index (χ1) is 11.4. The Morgan fingerprint density at radius 3 is 2.46 bits per heavy atom. The number of hydrogen-bond donors (Lipinski definition) is 1. The Kier molecular flexibility index (Phi) is 3.26. The molecule has 4 atom stereocenters. The summed E-state index contributed by atoms with van der Waals surface area (Å²) in [5.74, 6) is 1.24. The first kappa shape index (κ1) is 15.7. The van der Waals surface area contributed by atoms with E-state index in [0.717, 1.165) is 31.2 Å². The van der Waals surface area contributed by atoms with Gasteiger partial charge in [-0.3, -0.25) is 4.79 Å². The summed E-state index contributed by atoms with van der Waals surface area (Å²) in [4.78, 5) is 16.1. The molecule has 6 rings (SSSR count). The van der Waals surface area contributed by atoms with Gasteiger partial charge in [-0.2, -0.15) is 0 Å². The second-order valence-corrected chi connectivity index (χ2v) is 10.9. The van der Waals surface area contributed by atoms with E-state index in [1.807, 2.05) is 0 Å². The van der Waals surface area contributed by atoms with E-state index in [-0.39, 0.29) is 5.41 Å². The molecule has 4 saturated carbocycles. The van der Waals surface area contributed by atoms with E-state index in [2.05, 4.69) is 24.1 Å². The fourth-order valence-electron chi connectivity index (χ4n) is 8.39. The van der Waals surface area contributed by atoms with Crippen molar-refractivity contribution in [2.75, 3.05) is 13.1 Å². The van der Waals surface area contributed by atoms with E-state index in [1.54, 1.807) is 0 Å². The van der Waals surface area contributed by atoms with Crippen LogP contribution in [0.15, 0.2) is 0 Å². The topological polar surface area (TPSA) is 32.3 Å². The van der Waals surface area contributed by atoms with Crippen LogP contribution in [0, 0.1) is 22.2 Å². The van der Waals surface area contributed by atoms with Crippen LogP contribution in [0.2, 0.25) is 0 Å². The van der Waals surface area contributed by atoms with Crippen molar-refractivity contribution < 1.29 is 4.79 Å². The average Bonchev–Trinajstić information content (AvgIpc) is 2.90. The maximum absolute atomic E-state index is 13.4. The number of carbonyl (C=O) groups excluding carboxylic acids is 1. The molecule has 0 radical (unpaired) electrons. The number of piperidine rings is 1. The number of nitrogens with zero attached hydrogens (tertiary/aromatic N) is 1. The van der Waals surface area contributed by atoms with Gasteiger partial charge < -0.3 is 10.2 Å². The molecule has 4 unspecified atom stereocenters. The molecular formula is C21H34N2O.